The molecule has 4 nitrogen and oxygen atoms in total. The highest BCUT2D eigenvalue weighted by atomic mass is 32.2. The number of hydrogen-bond acceptors (Lipinski definition) is 4. The number of nitrogens with one attached hydrogen (secondary N) is 1. The molecule has 106 valence electrons. The van der Waals surface area contributed by atoms with E-state index < -0.39 is 9.84 Å². The van der Waals surface area contributed by atoms with Crippen molar-refractivity contribution in [2.75, 3.05) is 18.0 Å². The summed E-state index contributed by atoms with van der Waals surface area (Å²) in [5, 5.41) is 3.35. The molecule has 0 aromatic heterocycles. The van der Waals surface area contributed by atoms with E-state index in [1.165, 1.54) is 32.1 Å². The number of nitrogens with two attached hydrogens (primary N) is 1. The topological polar surface area (TPSA) is 72.2 Å². The van der Waals surface area contributed by atoms with Crippen molar-refractivity contribution in [3.63, 3.8) is 0 Å². The Morgan fingerprint density at radius 2 is 1.74 bits per heavy atom. The zero-order valence-corrected chi connectivity index (χ0v) is 12.0. The monoisotopic (exact) mass is 282 g/mol. The first-order valence-electron chi connectivity index (χ1n) is 6.89. The highest BCUT2D eigenvalue weighted by Gasteiger charge is 2.16. The molecular formula is C14H22N2O2S. The lowest BCUT2D eigenvalue weighted by Gasteiger charge is -2.22. The number of sulfone groups is 1. The molecule has 5 heteroatoms. The van der Waals surface area contributed by atoms with Gasteiger partial charge >= 0.3 is 0 Å². The third-order valence-electron chi connectivity index (χ3n) is 3.65. The van der Waals surface area contributed by atoms with Gasteiger partial charge in [0.15, 0.2) is 9.84 Å². The zero-order chi connectivity index (χ0) is 13.7. The van der Waals surface area contributed by atoms with Gasteiger partial charge in [0.25, 0.3) is 0 Å². The molecule has 0 aliphatic heterocycles. The zero-order valence-electron chi connectivity index (χ0n) is 11.1. The van der Waals surface area contributed by atoms with Gasteiger partial charge in [-0.2, -0.15) is 0 Å². The van der Waals surface area contributed by atoms with Crippen molar-refractivity contribution in [1.82, 2.24) is 5.32 Å². The SMILES string of the molecule is Nc1ccc(S(=O)(=O)CCNC2CCCCC2)cc1. The number of rotatable bonds is 5. The second-order valence-corrected chi connectivity index (χ2v) is 7.29. The first-order valence-corrected chi connectivity index (χ1v) is 8.55. The van der Waals surface area contributed by atoms with Gasteiger partial charge in [-0.05, 0) is 37.1 Å². The van der Waals surface area contributed by atoms with Crippen LogP contribution in [0.1, 0.15) is 32.1 Å². The Labute approximate surface area is 115 Å². The van der Waals surface area contributed by atoms with E-state index in [0.717, 1.165) is 0 Å². The molecule has 1 fully saturated rings. The minimum absolute atomic E-state index is 0.146. The van der Waals surface area contributed by atoms with Gasteiger partial charge in [0.1, 0.15) is 0 Å². The van der Waals surface area contributed by atoms with Gasteiger partial charge in [-0.1, -0.05) is 19.3 Å². The van der Waals surface area contributed by atoms with Crippen LogP contribution in [-0.4, -0.2) is 26.8 Å². The minimum atomic E-state index is -3.20. The van der Waals surface area contributed by atoms with Gasteiger partial charge in [-0.25, -0.2) is 8.42 Å². The van der Waals surface area contributed by atoms with Crippen molar-refractivity contribution in [1.29, 1.82) is 0 Å². The molecule has 1 aromatic carbocycles. The molecule has 0 amide bonds. The summed E-state index contributed by atoms with van der Waals surface area (Å²) < 4.78 is 24.2. The first-order chi connectivity index (χ1) is 9.08. The third-order valence-corrected chi connectivity index (χ3v) is 5.38. The number of nitrogen functional groups attached to an aromatic ring is 1. The second kappa shape index (κ2) is 6.39. The number of anilines is 1. The van der Waals surface area contributed by atoms with Crippen molar-refractivity contribution >= 4 is 15.5 Å². The van der Waals surface area contributed by atoms with Crippen LogP contribution in [0.3, 0.4) is 0 Å². The van der Waals surface area contributed by atoms with E-state index in [-0.39, 0.29) is 5.75 Å². The molecule has 0 radical (unpaired) electrons. The van der Waals surface area contributed by atoms with Gasteiger partial charge in [-0.3, -0.25) is 0 Å². The maximum absolute atomic E-state index is 12.1. The summed E-state index contributed by atoms with van der Waals surface area (Å²) in [6.45, 7) is 0.525. The fourth-order valence-corrected chi connectivity index (χ4v) is 3.67. The molecular weight excluding hydrogens is 260 g/mol. The fourth-order valence-electron chi connectivity index (χ4n) is 2.50. The van der Waals surface area contributed by atoms with Crippen LogP contribution in [0.5, 0.6) is 0 Å². The van der Waals surface area contributed by atoms with Crippen molar-refractivity contribution < 1.29 is 8.42 Å². The smallest absolute Gasteiger partial charge is 0.179 e. The van der Waals surface area contributed by atoms with E-state index in [9.17, 15) is 8.42 Å². The normalized spacial score (nSPS) is 17.5. The summed E-state index contributed by atoms with van der Waals surface area (Å²) in [6.07, 6.45) is 6.15. The Balaban J connectivity index is 1.85. The molecule has 0 saturated heterocycles. The highest BCUT2D eigenvalue weighted by Crippen LogP contribution is 2.17. The summed E-state index contributed by atoms with van der Waals surface area (Å²) in [7, 11) is -3.20. The molecule has 1 aromatic rings. The van der Waals surface area contributed by atoms with Crippen LogP contribution in [0.25, 0.3) is 0 Å². The first kappa shape index (κ1) is 14.3. The Bertz CT molecular complexity index is 491. The van der Waals surface area contributed by atoms with Crippen LogP contribution in [0.4, 0.5) is 5.69 Å². The molecule has 1 saturated carbocycles. The minimum Gasteiger partial charge on any atom is -0.399 e. The lowest BCUT2D eigenvalue weighted by Crippen LogP contribution is -2.34. The van der Waals surface area contributed by atoms with Gasteiger partial charge in [0.2, 0.25) is 0 Å². The molecule has 2 rings (SSSR count). The Morgan fingerprint density at radius 3 is 2.37 bits per heavy atom. The number of hydrogen-bond donors (Lipinski definition) is 2. The molecule has 3 N–H and O–H groups in total. The van der Waals surface area contributed by atoms with Crippen molar-refractivity contribution in [3.8, 4) is 0 Å². The lowest BCUT2D eigenvalue weighted by molar-refractivity contribution is 0.380. The Hall–Kier alpha value is -1.07. The summed E-state index contributed by atoms with van der Waals surface area (Å²) in [4.78, 5) is 0.354. The van der Waals surface area contributed by atoms with Gasteiger partial charge in [0, 0.05) is 18.3 Å². The lowest BCUT2D eigenvalue weighted by atomic mass is 9.96. The summed E-state index contributed by atoms with van der Waals surface area (Å²) in [5.41, 5.74) is 6.14. The van der Waals surface area contributed by atoms with Crippen molar-refractivity contribution in [2.24, 2.45) is 0 Å². The molecule has 1 aliphatic rings. The maximum Gasteiger partial charge on any atom is 0.179 e. The Kier molecular flexibility index (Phi) is 4.82. The standard InChI is InChI=1S/C14H22N2O2S/c15-12-6-8-14(9-7-12)19(17,18)11-10-16-13-4-2-1-3-5-13/h6-9,13,16H,1-5,10-11,15H2. The molecule has 0 atom stereocenters. The quantitative estimate of drug-likeness (QED) is 0.810. The van der Waals surface area contributed by atoms with Crippen LogP contribution in [0, 0.1) is 0 Å². The molecule has 1 aliphatic carbocycles. The van der Waals surface area contributed by atoms with Crippen molar-refractivity contribution in [3.05, 3.63) is 24.3 Å². The molecule has 0 bridgehead atoms. The van der Waals surface area contributed by atoms with E-state index >= 15 is 0 Å². The van der Waals surface area contributed by atoms with E-state index in [1.54, 1.807) is 24.3 Å². The Morgan fingerprint density at radius 1 is 1.11 bits per heavy atom. The fraction of sp³-hybridized carbons (Fsp3) is 0.571. The maximum atomic E-state index is 12.1. The van der Waals surface area contributed by atoms with E-state index in [0.29, 0.717) is 23.2 Å². The largest absolute Gasteiger partial charge is 0.399 e. The second-order valence-electron chi connectivity index (χ2n) is 5.18. The van der Waals surface area contributed by atoms with E-state index in [4.69, 9.17) is 5.73 Å². The predicted octanol–water partition coefficient (Wildman–Crippen LogP) is 1.96. The average Bonchev–Trinajstić information content (AvgIpc) is 2.40. The molecule has 0 unspecified atom stereocenters. The van der Waals surface area contributed by atoms with Crippen LogP contribution in [-0.2, 0) is 9.84 Å². The highest BCUT2D eigenvalue weighted by molar-refractivity contribution is 7.91. The molecule has 19 heavy (non-hydrogen) atoms. The van der Waals surface area contributed by atoms with E-state index in [1.807, 2.05) is 0 Å². The summed E-state index contributed by atoms with van der Waals surface area (Å²) in [6, 6.07) is 6.90. The average molecular weight is 282 g/mol. The van der Waals surface area contributed by atoms with Crippen LogP contribution in [0.15, 0.2) is 29.2 Å². The van der Waals surface area contributed by atoms with Crippen LogP contribution >= 0.6 is 0 Å². The number of benzene rings is 1. The molecule has 0 spiro atoms. The van der Waals surface area contributed by atoms with Gasteiger partial charge < -0.3 is 11.1 Å². The van der Waals surface area contributed by atoms with Crippen molar-refractivity contribution in [2.45, 2.75) is 43.0 Å². The van der Waals surface area contributed by atoms with Gasteiger partial charge in [-0.15, -0.1) is 0 Å². The third kappa shape index (κ3) is 4.21. The summed E-state index contributed by atoms with van der Waals surface area (Å²) >= 11 is 0. The van der Waals surface area contributed by atoms with Gasteiger partial charge in [0.05, 0.1) is 10.6 Å². The molecule has 0 heterocycles. The predicted molar refractivity (Wildman–Crippen MR) is 77.8 cm³/mol. The van der Waals surface area contributed by atoms with E-state index in [2.05, 4.69) is 5.32 Å². The summed E-state index contributed by atoms with van der Waals surface area (Å²) in [5.74, 6) is 0.146. The van der Waals surface area contributed by atoms with Crippen LogP contribution < -0.4 is 11.1 Å². The van der Waals surface area contributed by atoms with Crippen LogP contribution in [0.2, 0.25) is 0 Å².